The second kappa shape index (κ2) is 7.74. The second-order valence-electron chi connectivity index (χ2n) is 4.34. The highest BCUT2D eigenvalue weighted by molar-refractivity contribution is 7.98. The number of benzene rings is 2. The third kappa shape index (κ3) is 4.26. The smallest absolute Gasteiger partial charge is 0.352 e. The maximum absolute atomic E-state index is 12.1. The third-order valence-electron chi connectivity index (χ3n) is 2.92. The minimum Gasteiger partial charge on any atom is -0.474 e. The summed E-state index contributed by atoms with van der Waals surface area (Å²) in [5.41, 5.74) is 0.782. The van der Waals surface area contributed by atoms with E-state index in [1.165, 1.54) is 0 Å². The lowest BCUT2D eigenvalue weighted by Gasteiger charge is -2.18. The molecule has 2 aromatic carbocycles. The monoisotopic (exact) mass is 302 g/mol. The molecule has 0 amide bonds. The zero-order chi connectivity index (χ0) is 15.1. The maximum Gasteiger partial charge on any atom is 0.352 e. The third-order valence-corrected chi connectivity index (χ3v) is 3.66. The lowest BCUT2D eigenvalue weighted by molar-refractivity contribution is -0.151. The van der Waals surface area contributed by atoms with E-state index in [2.05, 4.69) is 0 Å². The van der Waals surface area contributed by atoms with Crippen molar-refractivity contribution in [2.24, 2.45) is 0 Å². The van der Waals surface area contributed by atoms with E-state index in [1.54, 1.807) is 18.7 Å². The van der Waals surface area contributed by atoms with Crippen LogP contribution in [0.25, 0.3) is 0 Å². The molecule has 0 aliphatic heterocycles. The Labute approximate surface area is 129 Å². The number of carbonyl (C=O) groups excluding carboxylic acids is 1. The van der Waals surface area contributed by atoms with Gasteiger partial charge in [-0.15, -0.1) is 11.8 Å². The summed E-state index contributed by atoms with van der Waals surface area (Å²) < 4.78 is 10.9. The Balaban J connectivity index is 2.21. The Morgan fingerprint density at radius 2 is 1.76 bits per heavy atom. The molecule has 0 bridgehead atoms. The molecule has 1 atom stereocenters. The average Bonchev–Trinajstić information content (AvgIpc) is 2.54. The van der Waals surface area contributed by atoms with Gasteiger partial charge in [-0.25, -0.2) is 4.79 Å². The zero-order valence-electron chi connectivity index (χ0n) is 12.1. The predicted molar refractivity (Wildman–Crippen MR) is 84.7 cm³/mol. The van der Waals surface area contributed by atoms with Gasteiger partial charge >= 0.3 is 5.97 Å². The van der Waals surface area contributed by atoms with Crippen LogP contribution in [0.3, 0.4) is 0 Å². The summed E-state index contributed by atoms with van der Waals surface area (Å²) in [4.78, 5) is 13.3. The van der Waals surface area contributed by atoms with Crippen molar-refractivity contribution < 1.29 is 14.3 Å². The molecule has 0 radical (unpaired) electrons. The largest absolute Gasteiger partial charge is 0.474 e. The summed E-state index contributed by atoms with van der Waals surface area (Å²) in [6, 6.07) is 17.0. The van der Waals surface area contributed by atoms with Crippen LogP contribution >= 0.6 is 11.8 Å². The number of ether oxygens (including phenoxy) is 2. The molecule has 2 aromatic rings. The van der Waals surface area contributed by atoms with Crippen molar-refractivity contribution in [1.82, 2.24) is 0 Å². The number of hydrogen-bond donors (Lipinski definition) is 0. The molecule has 2 rings (SSSR count). The van der Waals surface area contributed by atoms with Gasteiger partial charge < -0.3 is 9.47 Å². The van der Waals surface area contributed by atoms with Gasteiger partial charge in [0.15, 0.2) is 0 Å². The van der Waals surface area contributed by atoms with Crippen molar-refractivity contribution in [1.29, 1.82) is 0 Å². The van der Waals surface area contributed by atoms with E-state index >= 15 is 0 Å². The van der Waals surface area contributed by atoms with Gasteiger partial charge in [0.05, 0.1) is 6.61 Å². The summed E-state index contributed by atoms with van der Waals surface area (Å²) >= 11 is 1.66. The Hall–Kier alpha value is -1.94. The first-order valence-electron chi connectivity index (χ1n) is 6.77. The van der Waals surface area contributed by atoms with E-state index in [1.807, 2.05) is 60.9 Å². The van der Waals surface area contributed by atoms with Crippen LogP contribution in [0.15, 0.2) is 59.5 Å². The molecule has 1 unspecified atom stereocenters. The van der Waals surface area contributed by atoms with Crippen molar-refractivity contribution in [2.75, 3.05) is 12.9 Å². The van der Waals surface area contributed by atoms with E-state index in [4.69, 9.17) is 9.47 Å². The number of hydrogen-bond acceptors (Lipinski definition) is 4. The van der Waals surface area contributed by atoms with E-state index in [0.717, 1.165) is 10.5 Å². The van der Waals surface area contributed by atoms with E-state index in [-0.39, 0.29) is 5.97 Å². The molecule has 0 saturated heterocycles. The Kier molecular flexibility index (Phi) is 5.69. The fourth-order valence-corrected chi connectivity index (χ4v) is 2.30. The molecule has 0 aliphatic rings. The summed E-state index contributed by atoms with van der Waals surface area (Å²) in [6.45, 7) is 2.12. The minimum atomic E-state index is -0.744. The first-order valence-corrected chi connectivity index (χ1v) is 7.99. The normalized spacial score (nSPS) is 11.7. The molecule has 3 nitrogen and oxygen atoms in total. The van der Waals surface area contributed by atoms with E-state index in [0.29, 0.717) is 12.4 Å². The number of thioether (sulfide) groups is 1. The Morgan fingerprint density at radius 3 is 2.33 bits per heavy atom. The number of rotatable bonds is 6. The highest BCUT2D eigenvalue weighted by atomic mass is 32.2. The minimum absolute atomic E-state index is 0.330. The van der Waals surface area contributed by atoms with Crippen molar-refractivity contribution >= 4 is 17.7 Å². The fourth-order valence-electron chi connectivity index (χ4n) is 1.89. The van der Waals surface area contributed by atoms with Crippen LogP contribution in [0.5, 0.6) is 5.75 Å². The molecule has 21 heavy (non-hydrogen) atoms. The summed E-state index contributed by atoms with van der Waals surface area (Å²) in [5, 5.41) is 0. The van der Waals surface area contributed by atoms with Gasteiger partial charge in [0, 0.05) is 10.5 Å². The molecule has 110 valence electrons. The quantitative estimate of drug-likeness (QED) is 0.594. The number of carbonyl (C=O) groups is 1. The van der Waals surface area contributed by atoms with Gasteiger partial charge in [-0.05, 0) is 37.4 Å². The van der Waals surface area contributed by atoms with Gasteiger partial charge in [-0.3, -0.25) is 0 Å². The molecular weight excluding hydrogens is 284 g/mol. The second-order valence-corrected chi connectivity index (χ2v) is 5.22. The van der Waals surface area contributed by atoms with Gasteiger partial charge in [-0.1, -0.05) is 30.3 Å². The molecule has 0 fully saturated rings. The molecule has 0 heterocycles. The zero-order valence-corrected chi connectivity index (χ0v) is 12.9. The molecule has 4 heteroatoms. The van der Waals surface area contributed by atoms with Crippen molar-refractivity contribution in [2.45, 2.75) is 17.9 Å². The molecule has 0 spiro atoms. The molecule has 0 aromatic heterocycles. The molecular formula is C17H18O3S. The van der Waals surface area contributed by atoms with Gasteiger partial charge in [0.1, 0.15) is 5.75 Å². The first kappa shape index (κ1) is 15.4. The van der Waals surface area contributed by atoms with Crippen molar-refractivity contribution in [3.05, 3.63) is 60.2 Å². The van der Waals surface area contributed by atoms with Gasteiger partial charge in [0.25, 0.3) is 0 Å². The lowest BCUT2D eigenvalue weighted by atomic mass is 10.1. The fraction of sp³-hybridized carbons (Fsp3) is 0.235. The molecule has 0 aliphatic carbocycles. The summed E-state index contributed by atoms with van der Waals surface area (Å²) in [6.07, 6.45) is 1.27. The van der Waals surface area contributed by atoms with E-state index < -0.39 is 6.10 Å². The van der Waals surface area contributed by atoms with Crippen LogP contribution in [0.4, 0.5) is 0 Å². The predicted octanol–water partition coefficient (Wildman–Crippen LogP) is 4.09. The van der Waals surface area contributed by atoms with Crippen molar-refractivity contribution in [3.8, 4) is 5.75 Å². The highest BCUT2D eigenvalue weighted by Crippen LogP contribution is 2.25. The average molecular weight is 302 g/mol. The Morgan fingerprint density at radius 1 is 1.10 bits per heavy atom. The van der Waals surface area contributed by atoms with Crippen LogP contribution in [0.2, 0.25) is 0 Å². The molecule has 0 N–H and O–H groups in total. The summed E-state index contributed by atoms with van der Waals surface area (Å²) in [5.74, 6) is 0.271. The standard InChI is InChI=1S/C17H18O3S/c1-3-19-17(18)16(13-7-5-4-6-8-13)20-14-9-11-15(21-2)12-10-14/h4-12,16H,3H2,1-2H3. The van der Waals surface area contributed by atoms with Crippen molar-refractivity contribution in [3.63, 3.8) is 0 Å². The first-order chi connectivity index (χ1) is 10.2. The van der Waals surface area contributed by atoms with Gasteiger partial charge in [-0.2, -0.15) is 0 Å². The SMILES string of the molecule is CCOC(=O)C(Oc1ccc(SC)cc1)c1ccccc1. The van der Waals surface area contributed by atoms with Crippen LogP contribution in [-0.2, 0) is 9.53 Å². The van der Waals surface area contributed by atoms with Crippen LogP contribution in [-0.4, -0.2) is 18.8 Å². The van der Waals surface area contributed by atoms with Crippen LogP contribution in [0, 0.1) is 0 Å². The lowest BCUT2D eigenvalue weighted by Crippen LogP contribution is -2.21. The van der Waals surface area contributed by atoms with E-state index in [9.17, 15) is 4.79 Å². The topological polar surface area (TPSA) is 35.5 Å². The summed E-state index contributed by atoms with van der Waals surface area (Å²) in [7, 11) is 0. The van der Waals surface area contributed by atoms with Crippen LogP contribution < -0.4 is 4.74 Å². The Bertz CT molecular complexity index is 566. The maximum atomic E-state index is 12.1. The van der Waals surface area contributed by atoms with Gasteiger partial charge in [0.2, 0.25) is 6.10 Å². The number of esters is 1. The molecule has 0 saturated carbocycles. The highest BCUT2D eigenvalue weighted by Gasteiger charge is 2.23. The van der Waals surface area contributed by atoms with Crippen LogP contribution in [0.1, 0.15) is 18.6 Å².